The van der Waals surface area contributed by atoms with Crippen LogP contribution in [0.2, 0.25) is 0 Å². The van der Waals surface area contributed by atoms with Crippen LogP contribution >= 0.6 is 0 Å². The molecule has 108 valence electrons. The highest BCUT2D eigenvalue weighted by Gasteiger charge is 2.17. The molecular weight excluding hydrogens is 236 g/mol. The number of unbranched alkanes of at least 4 members (excludes halogenated alkanes) is 1. The van der Waals surface area contributed by atoms with Crippen molar-refractivity contribution >= 4 is 5.82 Å². The second-order valence-electron chi connectivity index (χ2n) is 4.77. The SMILES string of the molecule is CCCCN(CC)c1nnc(CC)c(CC)c1CN. The quantitative estimate of drug-likeness (QED) is 0.784. The van der Waals surface area contributed by atoms with E-state index in [1.807, 2.05) is 0 Å². The third kappa shape index (κ3) is 3.66. The minimum absolute atomic E-state index is 0.545. The van der Waals surface area contributed by atoms with Gasteiger partial charge >= 0.3 is 0 Å². The number of nitrogens with zero attached hydrogens (tertiary/aromatic N) is 3. The summed E-state index contributed by atoms with van der Waals surface area (Å²) in [6.45, 7) is 11.2. The van der Waals surface area contributed by atoms with Crippen molar-refractivity contribution in [3.05, 3.63) is 16.8 Å². The molecule has 0 fully saturated rings. The average molecular weight is 264 g/mol. The van der Waals surface area contributed by atoms with E-state index in [0.717, 1.165) is 37.4 Å². The van der Waals surface area contributed by atoms with Crippen molar-refractivity contribution in [2.45, 2.75) is 59.9 Å². The third-order valence-electron chi connectivity index (χ3n) is 3.60. The fourth-order valence-corrected chi connectivity index (χ4v) is 2.47. The van der Waals surface area contributed by atoms with Crippen molar-refractivity contribution in [1.82, 2.24) is 10.2 Å². The van der Waals surface area contributed by atoms with Crippen LogP contribution in [0.1, 0.15) is 57.4 Å². The van der Waals surface area contributed by atoms with Crippen LogP contribution in [-0.4, -0.2) is 23.3 Å². The molecule has 1 aromatic rings. The highest BCUT2D eigenvalue weighted by atomic mass is 15.3. The molecule has 0 aliphatic heterocycles. The molecule has 0 saturated heterocycles. The van der Waals surface area contributed by atoms with E-state index in [4.69, 9.17) is 5.73 Å². The molecule has 0 saturated carbocycles. The number of hydrogen-bond donors (Lipinski definition) is 1. The second-order valence-corrected chi connectivity index (χ2v) is 4.77. The lowest BCUT2D eigenvalue weighted by molar-refractivity contribution is 0.704. The predicted octanol–water partition coefficient (Wildman–Crippen LogP) is 2.69. The second kappa shape index (κ2) is 8.10. The van der Waals surface area contributed by atoms with E-state index in [1.54, 1.807) is 0 Å². The van der Waals surface area contributed by atoms with Gasteiger partial charge in [0.2, 0.25) is 0 Å². The van der Waals surface area contributed by atoms with E-state index < -0.39 is 0 Å². The van der Waals surface area contributed by atoms with Crippen molar-refractivity contribution in [3.8, 4) is 0 Å². The highest BCUT2D eigenvalue weighted by molar-refractivity contribution is 5.51. The summed E-state index contributed by atoms with van der Waals surface area (Å²) in [5.41, 5.74) is 9.56. The molecule has 4 nitrogen and oxygen atoms in total. The van der Waals surface area contributed by atoms with Gasteiger partial charge in [-0.3, -0.25) is 0 Å². The van der Waals surface area contributed by atoms with Crippen molar-refractivity contribution in [2.75, 3.05) is 18.0 Å². The lowest BCUT2D eigenvalue weighted by Crippen LogP contribution is -2.28. The minimum Gasteiger partial charge on any atom is -0.355 e. The van der Waals surface area contributed by atoms with Crippen LogP contribution in [0.25, 0.3) is 0 Å². The number of nitrogens with two attached hydrogens (primary N) is 1. The Balaban J connectivity index is 3.18. The first-order valence-electron chi connectivity index (χ1n) is 7.55. The molecule has 1 heterocycles. The summed E-state index contributed by atoms with van der Waals surface area (Å²) < 4.78 is 0. The fraction of sp³-hybridized carbons (Fsp3) is 0.733. The molecule has 1 rings (SSSR count). The van der Waals surface area contributed by atoms with Crippen LogP contribution in [-0.2, 0) is 19.4 Å². The molecule has 0 aromatic carbocycles. The van der Waals surface area contributed by atoms with Crippen LogP contribution in [0.4, 0.5) is 5.82 Å². The van der Waals surface area contributed by atoms with Gasteiger partial charge in [0.25, 0.3) is 0 Å². The van der Waals surface area contributed by atoms with E-state index in [9.17, 15) is 0 Å². The van der Waals surface area contributed by atoms with Gasteiger partial charge in [0.15, 0.2) is 5.82 Å². The zero-order valence-electron chi connectivity index (χ0n) is 12.9. The number of rotatable bonds is 8. The van der Waals surface area contributed by atoms with Gasteiger partial charge in [-0.2, -0.15) is 5.10 Å². The lowest BCUT2D eigenvalue weighted by Gasteiger charge is -2.25. The van der Waals surface area contributed by atoms with Crippen molar-refractivity contribution in [1.29, 1.82) is 0 Å². The maximum atomic E-state index is 5.98. The Bertz CT molecular complexity index is 390. The standard InChI is InChI=1S/C15H28N4/c1-5-9-10-19(8-4)15-13(11-16)12(6-2)14(7-3)17-18-15/h5-11,16H2,1-4H3. The van der Waals surface area contributed by atoms with Gasteiger partial charge in [-0.25, -0.2) is 0 Å². The van der Waals surface area contributed by atoms with Crippen molar-refractivity contribution in [3.63, 3.8) is 0 Å². The van der Waals surface area contributed by atoms with E-state index in [-0.39, 0.29) is 0 Å². The van der Waals surface area contributed by atoms with E-state index in [1.165, 1.54) is 24.0 Å². The summed E-state index contributed by atoms with van der Waals surface area (Å²) >= 11 is 0. The number of aromatic nitrogens is 2. The zero-order valence-corrected chi connectivity index (χ0v) is 12.9. The van der Waals surface area contributed by atoms with Gasteiger partial charge in [0.1, 0.15) is 0 Å². The summed E-state index contributed by atoms with van der Waals surface area (Å²) in [4.78, 5) is 2.30. The Morgan fingerprint density at radius 3 is 2.21 bits per heavy atom. The first kappa shape index (κ1) is 15.9. The Morgan fingerprint density at radius 2 is 1.74 bits per heavy atom. The molecule has 1 aromatic heterocycles. The van der Waals surface area contributed by atoms with Crippen molar-refractivity contribution < 1.29 is 0 Å². The summed E-state index contributed by atoms with van der Waals surface area (Å²) in [5, 5.41) is 8.86. The Kier molecular flexibility index (Phi) is 6.78. The zero-order chi connectivity index (χ0) is 14.3. The predicted molar refractivity (Wildman–Crippen MR) is 81.5 cm³/mol. The van der Waals surface area contributed by atoms with Gasteiger partial charge in [-0.05, 0) is 31.7 Å². The molecule has 0 aliphatic carbocycles. The highest BCUT2D eigenvalue weighted by Crippen LogP contribution is 2.23. The molecule has 0 radical (unpaired) electrons. The fourth-order valence-electron chi connectivity index (χ4n) is 2.47. The maximum Gasteiger partial charge on any atom is 0.156 e. The first-order chi connectivity index (χ1) is 9.23. The summed E-state index contributed by atoms with van der Waals surface area (Å²) in [5.74, 6) is 0.993. The third-order valence-corrected chi connectivity index (χ3v) is 3.60. The summed E-state index contributed by atoms with van der Waals surface area (Å²) in [6.07, 6.45) is 4.26. The van der Waals surface area contributed by atoms with Gasteiger partial charge in [0.05, 0.1) is 5.69 Å². The molecule has 0 atom stereocenters. The smallest absolute Gasteiger partial charge is 0.156 e. The van der Waals surface area contributed by atoms with E-state index in [2.05, 4.69) is 42.8 Å². The maximum absolute atomic E-state index is 5.98. The van der Waals surface area contributed by atoms with Gasteiger partial charge < -0.3 is 10.6 Å². The number of aryl methyl sites for hydroxylation is 1. The number of hydrogen-bond acceptors (Lipinski definition) is 4. The summed E-state index contributed by atoms with van der Waals surface area (Å²) in [6, 6.07) is 0. The monoisotopic (exact) mass is 264 g/mol. The van der Waals surface area contributed by atoms with Gasteiger partial charge in [-0.1, -0.05) is 27.2 Å². The number of anilines is 1. The normalized spacial score (nSPS) is 10.8. The molecule has 4 heteroatoms. The van der Waals surface area contributed by atoms with Crippen LogP contribution in [0.5, 0.6) is 0 Å². The van der Waals surface area contributed by atoms with Gasteiger partial charge in [0, 0.05) is 25.2 Å². The molecule has 0 bridgehead atoms. The van der Waals surface area contributed by atoms with E-state index >= 15 is 0 Å². The van der Waals surface area contributed by atoms with Crippen molar-refractivity contribution in [2.24, 2.45) is 5.73 Å². The Labute approximate surface area is 117 Å². The van der Waals surface area contributed by atoms with Crippen LogP contribution in [0.15, 0.2) is 0 Å². The largest absolute Gasteiger partial charge is 0.355 e. The molecule has 0 spiro atoms. The molecule has 2 N–H and O–H groups in total. The average Bonchev–Trinajstić information content (AvgIpc) is 2.46. The van der Waals surface area contributed by atoms with Crippen LogP contribution in [0.3, 0.4) is 0 Å². The molecule has 0 unspecified atom stereocenters. The summed E-state index contributed by atoms with van der Waals surface area (Å²) in [7, 11) is 0. The van der Waals surface area contributed by atoms with E-state index in [0.29, 0.717) is 6.54 Å². The minimum atomic E-state index is 0.545. The van der Waals surface area contributed by atoms with Gasteiger partial charge in [-0.15, -0.1) is 5.10 Å². The first-order valence-corrected chi connectivity index (χ1v) is 7.55. The molecule has 19 heavy (non-hydrogen) atoms. The van der Waals surface area contributed by atoms with Crippen LogP contribution in [0, 0.1) is 0 Å². The topological polar surface area (TPSA) is 55.0 Å². The Hall–Kier alpha value is -1.16. The van der Waals surface area contributed by atoms with Crippen LogP contribution < -0.4 is 10.6 Å². The Morgan fingerprint density at radius 1 is 1.00 bits per heavy atom. The molecule has 0 aliphatic rings. The molecule has 0 amide bonds. The lowest BCUT2D eigenvalue weighted by atomic mass is 10.0. The molecular formula is C15H28N4.